The van der Waals surface area contributed by atoms with Crippen LogP contribution in [0.2, 0.25) is 0 Å². The zero-order valence-electron chi connectivity index (χ0n) is 14.0. The summed E-state index contributed by atoms with van der Waals surface area (Å²) in [7, 11) is 1.67. The fourth-order valence-electron chi connectivity index (χ4n) is 2.31. The van der Waals surface area contributed by atoms with Crippen molar-refractivity contribution in [3.63, 3.8) is 0 Å². The Kier molecular flexibility index (Phi) is 5.31. The minimum atomic E-state index is -0.481. The molecule has 1 N–H and O–H groups in total. The average molecular weight is 328 g/mol. The number of pyridine rings is 1. The number of anilines is 1. The van der Waals surface area contributed by atoms with E-state index in [1.165, 1.54) is 12.1 Å². The first-order valence-corrected chi connectivity index (χ1v) is 7.58. The van der Waals surface area contributed by atoms with Crippen molar-refractivity contribution in [2.45, 2.75) is 20.3 Å². The van der Waals surface area contributed by atoms with Gasteiger partial charge in [-0.05, 0) is 24.0 Å². The summed E-state index contributed by atoms with van der Waals surface area (Å²) in [5, 5.41) is 24.0. The number of nitrogens with one attached hydrogen (secondary N) is 1. The molecule has 2 aromatic rings. The van der Waals surface area contributed by atoms with Crippen molar-refractivity contribution in [1.82, 2.24) is 4.98 Å². The van der Waals surface area contributed by atoms with E-state index in [1.807, 2.05) is 0 Å². The molecule has 2 rings (SSSR count). The molecule has 0 bridgehead atoms. The third kappa shape index (κ3) is 4.18. The van der Waals surface area contributed by atoms with Crippen LogP contribution in [0.5, 0.6) is 0 Å². The molecule has 1 aromatic heterocycles. The SMILES string of the molecule is COCCC(C)(C)CNc1cc(C#N)c2cc([N+](=O)[O-])ccc2n1. The van der Waals surface area contributed by atoms with Gasteiger partial charge in [-0.25, -0.2) is 4.98 Å². The number of hydrogen-bond acceptors (Lipinski definition) is 6. The number of aromatic nitrogens is 1. The predicted octanol–water partition coefficient (Wildman–Crippen LogP) is 3.49. The van der Waals surface area contributed by atoms with Crippen LogP contribution in [-0.2, 0) is 4.74 Å². The molecule has 7 heteroatoms. The van der Waals surface area contributed by atoms with Crippen molar-refractivity contribution in [1.29, 1.82) is 5.26 Å². The number of fused-ring (bicyclic) bond motifs is 1. The lowest BCUT2D eigenvalue weighted by Gasteiger charge is -2.25. The number of rotatable bonds is 7. The highest BCUT2D eigenvalue weighted by atomic mass is 16.6. The summed E-state index contributed by atoms with van der Waals surface area (Å²) in [6, 6.07) is 8.05. The highest BCUT2D eigenvalue weighted by molar-refractivity contribution is 5.88. The lowest BCUT2D eigenvalue weighted by Crippen LogP contribution is -2.25. The van der Waals surface area contributed by atoms with Crippen molar-refractivity contribution in [3.05, 3.63) is 39.9 Å². The van der Waals surface area contributed by atoms with Crippen LogP contribution in [0.3, 0.4) is 0 Å². The lowest BCUT2D eigenvalue weighted by molar-refractivity contribution is -0.384. The number of non-ortho nitro benzene ring substituents is 1. The summed E-state index contributed by atoms with van der Waals surface area (Å²) in [4.78, 5) is 14.9. The first-order valence-electron chi connectivity index (χ1n) is 7.58. The van der Waals surface area contributed by atoms with Gasteiger partial charge in [0.1, 0.15) is 5.82 Å². The zero-order chi connectivity index (χ0) is 17.7. The quantitative estimate of drug-likeness (QED) is 0.616. The fourth-order valence-corrected chi connectivity index (χ4v) is 2.31. The smallest absolute Gasteiger partial charge is 0.270 e. The van der Waals surface area contributed by atoms with E-state index in [2.05, 4.69) is 30.2 Å². The van der Waals surface area contributed by atoms with Gasteiger partial charge in [-0.2, -0.15) is 5.26 Å². The van der Waals surface area contributed by atoms with E-state index in [9.17, 15) is 15.4 Å². The molecule has 7 nitrogen and oxygen atoms in total. The molecule has 0 fully saturated rings. The molecule has 0 unspecified atom stereocenters. The number of ether oxygens (including phenoxy) is 1. The van der Waals surface area contributed by atoms with Gasteiger partial charge in [-0.3, -0.25) is 10.1 Å². The summed E-state index contributed by atoms with van der Waals surface area (Å²) in [6.07, 6.45) is 0.890. The highest BCUT2D eigenvalue weighted by Gasteiger charge is 2.18. The third-order valence-electron chi connectivity index (χ3n) is 3.85. The van der Waals surface area contributed by atoms with Gasteiger partial charge in [0.2, 0.25) is 0 Å². The van der Waals surface area contributed by atoms with Gasteiger partial charge >= 0.3 is 0 Å². The van der Waals surface area contributed by atoms with Gasteiger partial charge in [-0.1, -0.05) is 13.8 Å². The Balaban J connectivity index is 2.28. The summed E-state index contributed by atoms with van der Waals surface area (Å²) >= 11 is 0. The van der Waals surface area contributed by atoms with Gasteiger partial charge in [0.25, 0.3) is 5.69 Å². The van der Waals surface area contributed by atoms with Crippen LogP contribution in [-0.4, -0.2) is 30.2 Å². The molecule has 0 aliphatic heterocycles. The number of hydrogen-bond donors (Lipinski definition) is 1. The molecule has 0 atom stereocenters. The number of nitriles is 1. The number of benzene rings is 1. The van der Waals surface area contributed by atoms with Crippen LogP contribution in [0.4, 0.5) is 11.5 Å². The number of nitro benzene ring substituents is 1. The molecule has 0 radical (unpaired) electrons. The van der Waals surface area contributed by atoms with E-state index in [0.717, 1.165) is 6.42 Å². The van der Waals surface area contributed by atoms with Crippen LogP contribution in [0.1, 0.15) is 25.8 Å². The molecule has 0 saturated heterocycles. The van der Waals surface area contributed by atoms with Crippen LogP contribution in [0.25, 0.3) is 10.9 Å². The number of methoxy groups -OCH3 is 1. The second-order valence-corrected chi connectivity index (χ2v) is 6.39. The lowest BCUT2D eigenvalue weighted by atomic mass is 9.90. The van der Waals surface area contributed by atoms with E-state index in [4.69, 9.17) is 4.74 Å². The van der Waals surface area contributed by atoms with Crippen molar-refractivity contribution in [3.8, 4) is 6.07 Å². The van der Waals surface area contributed by atoms with Gasteiger partial charge < -0.3 is 10.1 Å². The molecule has 126 valence electrons. The topological polar surface area (TPSA) is 101 Å². The third-order valence-corrected chi connectivity index (χ3v) is 3.85. The molecule has 0 spiro atoms. The van der Waals surface area contributed by atoms with Crippen molar-refractivity contribution < 1.29 is 9.66 Å². The van der Waals surface area contributed by atoms with Crippen molar-refractivity contribution in [2.24, 2.45) is 5.41 Å². The zero-order valence-corrected chi connectivity index (χ0v) is 14.0. The van der Waals surface area contributed by atoms with Gasteiger partial charge in [0, 0.05) is 37.8 Å². The van der Waals surface area contributed by atoms with Gasteiger partial charge in [0.15, 0.2) is 0 Å². The van der Waals surface area contributed by atoms with E-state index >= 15 is 0 Å². The van der Waals surface area contributed by atoms with E-state index in [1.54, 1.807) is 19.2 Å². The molecule has 1 heterocycles. The maximum Gasteiger partial charge on any atom is 0.270 e. The fraction of sp³-hybridized carbons (Fsp3) is 0.412. The van der Waals surface area contributed by atoms with Crippen LogP contribution in [0, 0.1) is 26.9 Å². The normalized spacial score (nSPS) is 11.2. The molecule has 0 saturated carbocycles. The summed E-state index contributed by atoms with van der Waals surface area (Å²) in [5.41, 5.74) is 0.870. The Morgan fingerprint density at radius 2 is 2.17 bits per heavy atom. The molecular weight excluding hydrogens is 308 g/mol. The van der Waals surface area contributed by atoms with E-state index in [-0.39, 0.29) is 11.1 Å². The second-order valence-electron chi connectivity index (χ2n) is 6.39. The number of nitro groups is 1. The molecule has 24 heavy (non-hydrogen) atoms. The molecule has 0 amide bonds. The highest BCUT2D eigenvalue weighted by Crippen LogP contribution is 2.26. The Morgan fingerprint density at radius 3 is 2.79 bits per heavy atom. The maximum absolute atomic E-state index is 10.9. The minimum Gasteiger partial charge on any atom is -0.385 e. The van der Waals surface area contributed by atoms with Gasteiger partial charge in [-0.15, -0.1) is 0 Å². The molecule has 0 aliphatic carbocycles. The molecular formula is C17H20N4O3. The van der Waals surface area contributed by atoms with Crippen LogP contribution in [0.15, 0.2) is 24.3 Å². The second kappa shape index (κ2) is 7.23. The maximum atomic E-state index is 10.9. The average Bonchev–Trinajstić information content (AvgIpc) is 2.57. The number of nitrogens with zero attached hydrogens (tertiary/aromatic N) is 3. The largest absolute Gasteiger partial charge is 0.385 e. The Morgan fingerprint density at radius 1 is 1.42 bits per heavy atom. The van der Waals surface area contributed by atoms with Crippen LogP contribution < -0.4 is 5.32 Å². The summed E-state index contributed by atoms with van der Waals surface area (Å²) in [5.74, 6) is 0.582. The van der Waals surface area contributed by atoms with Crippen molar-refractivity contribution in [2.75, 3.05) is 25.6 Å². The van der Waals surface area contributed by atoms with Gasteiger partial charge in [0.05, 0.1) is 22.1 Å². The summed E-state index contributed by atoms with van der Waals surface area (Å²) < 4.78 is 5.11. The first-order chi connectivity index (χ1) is 11.4. The Labute approximate surface area is 140 Å². The van der Waals surface area contributed by atoms with E-state index in [0.29, 0.717) is 35.4 Å². The first kappa shape index (κ1) is 17.6. The summed E-state index contributed by atoms with van der Waals surface area (Å²) in [6.45, 7) is 5.59. The molecule has 1 aromatic carbocycles. The van der Waals surface area contributed by atoms with Crippen LogP contribution >= 0.6 is 0 Å². The molecule has 0 aliphatic rings. The predicted molar refractivity (Wildman–Crippen MR) is 91.9 cm³/mol. The standard InChI is InChI=1S/C17H20N4O3/c1-17(2,6-7-24-3)11-19-16-8-12(10-18)14-9-13(21(22)23)4-5-15(14)20-16/h4-5,8-9H,6-7,11H2,1-3H3,(H,19,20). The minimum absolute atomic E-state index is 0.00886. The Hall–Kier alpha value is -2.72. The van der Waals surface area contributed by atoms with Crippen molar-refractivity contribution >= 4 is 22.4 Å². The monoisotopic (exact) mass is 328 g/mol. The van der Waals surface area contributed by atoms with E-state index < -0.39 is 4.92 Å². The Bertz CT molecular complexity index is 796.